The third kappa shape index (κ3) is 7.29. The van der Waals surface area contributed by atoms with Crippen LogP contribution < -0.4 is 5.32 Å². The molecular weight excluding hydrogens is 250 g/mol. The summed E-state index contributed by atoms with van der Waals surface area (Å²) in [6.07, 6.45) is 3.12. The predicted octanol–water partition coefficient (Wildman–Crippen LogP) is 2.92. The maximum absolute atomic E-state index is 11.9. The fraction of sp³-hybridized carbons (Fsp3) is 0.588. The molecule has 0 radical (unpaired) electrons. The lowest BCUT2D eigenvalue weighted by Crippen LogP contribution is -2.39. The zero-order valence-electron chi connectivity index (χ0n) is 12.9. The van der Waals surface area contributed by atoms with E-state index in [4.69, 9.17) is 0 Å². The number of benzene rings is 1. The SMILES string of the molecule is CC(C)(C)CCCC(=O)NC(CO)Cc1ccccc1. The predicted molar refractivity (Wildman–Crippen MR) is 82.5 cm³/mol. The standard InChI is InChI=1S/C17H27NO2/c1-17(2,3)11-7-10-16(20)18-15(13-19)12-14-8-5-4-6-9-14/h4-6,8-9,15,19H,7,10-13H2,1-3H3,(H,18,20). The Kier molecular flexibility index (Phi) is 6.73. The van der Waals surface area contributed by atoms with E-state index in [1.807, 2.05) is 30.3 Å². The van der Waals surface area contributed by atoms with Gasteiger partial charge in [-0.2, -0.15) is 0 Å². The number of aliphatic hydroxyl groups is 1. The van der Waals surface area contributed by atoms with Crippen molar-refractivity contribution >= 4 is 5.91 Å². The number of nitrogens with one attached hydrogen (secondary N) is 1. The highest BCUT2D eigenvalue weighted by atomic mass is 16.3. The van der Waals surface area contributed by atoms with Crippen molar-refractivity contribution < 1.29 is 9.90 Å². The largest absolute Gasteiger partial charge is 0.394 e. The molecule has 1 aromatic carbocycles. The Morgan fingerprint density at radius 1 is 1.25 bits per heavy atom. The van der Waals surface area contributed by atoms with E-state index in [0.29, 0.717) is 12.8 Å². The molecule has 1 unspecified atom stereocenters. The summed E-state index contributed by atoms with van der Waals surface area (Å²) in [6, 6.07) is 9.72. The molecule has 1 rings (SSSR count). The van der Waals surface area contributed by atoms with E-state index in [0.717, 1.165) is 18.4 Å². The van der Waals surface area contributed by atoms with Gasteiger partial charge in [0, 0.05) is 6.42 Å². The molecule has 0 fully saturated rings. The van der Waals surface area contributed by atoms with Crippen LogP contribution in [0.25, 0.3) is 0 Å². The Hall–Kier alpha value is -1.35. The van der Waals surface area contributed by atoms with Crippen LogP contribution in [-0.2, 0) is 11.2 Å². The summed E-state index contributed by atoms with van der Waals surface area (Å²) in [5.74, 6) is 0.0317. The first kappa shape index (κ1) is 16.7. The zero-order chi connectivity index (χ0) is 15.0. The first-order valence-electron chi connectivity index (χ1n) is 7.35. The molecule has 3 nitrogen and oxygen atoms in total. The molecule has 0 aliphatic rings. The number of aliphatic hydroxyl groups excluding tert-OH is 1. The van der Waals surface area contributed by atoms with E-state index in [1.165, 1.54) is 0 Å². The third-order valence-corrected chi connectivity index (χ3v) is 3.24. The van der Waals surface area contributed by atoms with Gasteiger partial charge in [-0.05, 0) is 30.2 Å². The van der Waals surface area contributed by atoms with E-state index in [-0.39, 0.29) is 24.0 Å². The van der Waals surface area contributed by atoms with Crippen molar-refractivity contribution in [3.05, 3.63) is 35.9 Å². The molecule has 0 aliphatic carbocycles. The summed E-state index contributed by atoms with van der Waals surface area (Å²) < 4.78 is 0. The van der Waals surface area contributed by atoms with Crippen molar-refractivity contribution in [2.75, 3.05) is 6.61 Å². The molecule has 112 valence electrons. The maximum Gasteiger partial charge on any atom is 0.220 e. The zero-order valence-corrected chi connectivity index (χ0v) is 12.9. The average molecular weight is 277 g/mol. The van der Waals surface area contributed by atoms with Gasteiger partial charge in [-0.25, -0.2) is 0 Å². The fourth-order valence-corrected chi connectivity index (χ4v) is 2.14. The second-order valence-corrected chi connectivity index (χ2v) is 6.55. The second-order valence-electron chi connectivity index (χ2n) is 6.55. The Morgan fingerprint density at radius 3 is 2.45 bits per heavy atom. The van der Waals surface area contributed by atoms with Crippen molar-refractivity contribution in [1.29, 1.82) is 0 Å². The van der Waals surface area contributed by atoms with E-state index in [2.05, 4.69) is 26.1 Å². The first-order chi connectivity index (χ1) is 9.40. The van der Waals surface area contributed by atoms with Crippen LogP contribution in [-0.4, -0.2) is 23.7 Å². The molecule has 0 saturated heterocycles. The fourth-order valence-electron chi connectivity index (χ4n) is 2.14. The molecule has 0 spiro atoms. The van der Waals surface area contributed by atoms with Gasteiger partial charge in [-0.1, -0.05) is 51.1 Å². The molecule has 1 amide bonds. The summed E-state index contributed by atoms with van der Waals surface area (Å²) in [6.45, 7) is 6.50. The van der Waals surface area contributed by atoms with E-state index < -0.39 is 0 Å². The topological polar surface area (TPSA) is 49.3 Å². The number of amides is 1. The summed E-state index contributed by atoms with van der Waals surface area (Å²) in [5.41, 5.74) is 1.39. The number of carbonyl (C=O) groups is 1. The molecule has 1 aromatic rings. The van der Waals surface area contributed by atoms with E-state index in [9.17, 15) is 9.90 Å². The lowest BCUT2D eigenvalue weighted by atomic mass is 9.90. The van der Waals surface area contributed by atoms with Crippen molar-refractivity contribution in [3.8, 4) is 0 Å². The Labute approximate surface area is 122 Å². The molecule has 1 atom stereocenters. The summed E-state index contributed by atoms with van der Waals surface area (Å²) in [4.78, 5) is 11.9. The van der Waals surface area contributed by atoms with Gasteiger partial charge < -0.3 is 10.4 Å². The normalized spacial score (nSPS) is 13.0. The van der Waals surface area contributed by atoms with E-state index in [1.54, 1.807) is 0 Å². The monoisotopic (exact) mass is 277 g/mol. The maximum atomic E-state index is 11.9. The number of carbonyl (C=O) groups excluding carboxylic acids is 1. The van der Waals surface area contributed by atoms with Gasteiger partial charge in [-0.3, -0.25) is 4.79 Å². The molecular formula is C17H27NO2. The Balaban J connectivity index is 2.34. The molecule has 3 heteroatoms. The van der Waals surface area contributed by atoms with Crippen LogP contribution in [0.3, 0.4) is 0 Å². The summed E-state index contributed by atoms with van der Waals surface area (Å²) >= 11 is 0. The van der Waals surface area contributed by atoms with Crippen LogP contribution in [0.15, 0.2) is 30.3 Å². The minimum Gasteiger partial charge on any atom is -0.394 e. The lowest BCUT2D eigenvalue weighted by Gasteiger charge is -2.19. The molecule has 0 saturated carbocycles. The molecule has 0 aromatic heterocycles. The van der Waals surface area contributed by atoms with Crippen LogP contribution >= 0.6 is 0 Å². The highest BCUT2D eigenvalue weighted by Crippen LogP contribution is 2.21. The van der Waals surface area contributed by atoms with Gasteiger partial charge in [0.25, 0.3) is 0 Å². The number of hydrogen-bond acceptors (Lipinski definition) is 2. The number of rotatable bonds is 7. The average Bonchev–Trinajstić information content (AvgIpc) is 2.37. The first-order valence-corrected chi connectivity index (χ1v) is 7.35. The minimum atomic E-state index is -0.195. The quantitative estimate of drug-likeness (QED) is 0.805. The van der Waals surface area contributed by atoms with Gasteiger partial charge in [0.15, 0.2) is 0 Å². The van der Waals surface area contributed by atoms with Gasteiger partial charge in [-0.15, -0.1) is 0 Å². The van der Waals surface area contributed by atoms with Crippen molar-refractivity contribution in [2.24, 2.45) is 5.41 Å². The van der Waals surface area contributed by atoms with Crippen LogP contribution in [0.5, 0.6) is 0 Å². The third-order valence-electron chi connectivity index (χ3n) is 3.24. The highest BCUT2D eigenvalue weighted by Gasteiger charge is 2.14. The Morgan fingerprint density at radius 2 is 1.90 bits per heavy atom. The van der Waals surface area contributed by atoms with E-state index >= 15 is 0 Å². The van der Waals surface area contributed by atoms with Crippen LogP contribution in [0.4, 0.5) is 0 Å². The smallest absolute Gasteiger partial charge is 0.220 e. The molecule has 2 N–H and O–H groups in total. The second kappa shape index (κ2) is 8.05. The minimum absolute atomic E-state index is 0.0279. The van der Waals surface area contributed by atoms with Crippen molar-refractivity contribution in [3.63, 3.8) is 0 Å². The van der Waals surface area contributed by atoms with Gasteiger partial charge in [0.05, 0.1) is 12.6 Å². The van der Waals surface area contributed by atoms with Crippen molar-refractivity contribution in [2.45, 2.75) is 52.5 Å². The van der Waals surface area contributed by atoms with Crippen LogP contribution in [0.2, 0.25) is 0 Å². The Bertz CT molecular complexity index is 395. The van der Waals surface area contributed by atoms with Crippen LogP contribution in [0.1, 0.15) is 45.6 Å². The molecule has 0 bridgehead atoms. The molecule has 0 heterocycles. The molecule has 0 aliphatic heterocycles. The lowest BCUT2D eigenvalue weighted by molar-refractivity contribution is -0.122. The van der Waals surface area contributed by atoms with Crippen LogP contribution in [0, 0.1) is 5.41 Å². The summed E-state index contributed by atoms with van der Waals surface area (Å²) in [5, 5.41) is 12.3. The summed E-state index contributed by atoms with van der Waals surface area (Å²) in [7, 11) is 0. The molecule has 20 heavy (non-hydrogen) atoms. The van der Waals surface area contributed by atoms with Gasteiger partial charge in [0.2, 0.25) is 5.91 Å². The number of hydrogen-bond donors (Lipinski definition) is 2. The van der Waals surface area contributed by atoms with Crippen molar-refractivity contribution in [1.82, 2.24) is 5.32 Å². The van der Waals surface area contributed by atoms with Gasteiger partial charge in [0.1, 0.15) is 0 Å². The highest BCUT2D eigenvalue weighted by molar-refractivity contribution is 5.76. The van der Waals surface area contributed by atoms with Gasteiger partial charge >= 0.3 is 0 Å².